The average molecular weight is 564 g/mol. The molecule has 2 aliphatic heterocycles. The van der Waals surface area contributed by atoms with Crippen molar-refractivity contribution in [2.45, 2.75) is 57.1 Å². The SMILES string of the molecule is CC(C)(C)c1ccc(N2C(=O)c3cc(F)ccc3[C@H](C(=O)CO)[C@H]2c2ccc3c(c2)OC(C2CC2)CO3)cc1Cl. The number of anilines is 1. The van der Waals surface area contributed by atoms with Crippen molar-refractivity contribution in [1.82, 2.24) is 0 Å². The van der Waals surface area contributed by atoms with Crippen molar-refractivity contribution in [3.63, 3.8) is 0 Å². The Hall–Kier alpha value is -3.42. The fourth-order valence-electron chi connectivity index (χ4n) is 5.88. The predicted octanol–water partition coefficient (Wildman–Crippen LogP) is 6.37. The molecule has 6 nitrogen and oxygen atoms in total. The lowest BCUT2D eigenvalue weighted by Gasteiger charge is -2.42. The lowest BCUT2D eigenvalue weighted by atomic mass is 9.77. The molecule has 6 rings (SSSR count). The van der Waals surface area contributed by atoms with Gasteiger partial charge in [-0.3, -0.25) is 14.5 Å². The van der Waals surface area contributed by atoms with Crippen LogP contribution < -0.4 is 14.4 Å². The Morgan fingerprint density at radius 2 is 1.85 bits per heavy atom. The maximum absolute atomic E-state index is 14.4. The molecule has 1 fully saturated rings. The molecule has 3 aromatic carbocycles. The minimum absolute atomic E-state index is 0.0471. The Bertz CT molecular complexity index is 1510. The second kappa shape index (κ2) is 9.89. The fourth-order valence-corrected chi connectivity index (χ4v) is 6.34. The summed E-state index contributed by atoms with van der Waals surface area (Å²) in [5.74, 6) is -0.897. The van der Waals surface area contributed by atoms with Gasteiger partial charge >= 0.3 is 0 Å². The van der Waals surface area contributed by atoms with Crippen LogP contribution in [0.1, 0.15) is 72.6 Å². The van der Waals surface area contributed by atoms with Gasteiger partial charge in [-0.15, -0.1) is 0 Å². The molecule has 1 unspecified atom stereocenters. The van der Waals surface area contributed by atoms with Crippen LogP contribution in [0.4, 0.5) is 10.1 Å². The number of hydrogen-bond donors (Lipinski definition) is 1. The van der Waals surface area contributed by atoms with Crippen LogP contribution in [-0.4, -0.2) is 36.1 Å². The molecule has 3 atom stereocenters. The zero-order valence-electron chi connectivity index (χ0n) is 22.6. The molecule has 2 heterocycles. The number of rotatable bonds is 5. The second-order valence-corrected chi connectivity index (χ2v) is 12.3. The largest absolute Gasteiger partial charge is 0.486 e. The molecule has 208 valence electrons. The summed E-state index contributed by atoms with van der Waals surface area (Å²) >= 11 is 6.73. The summed E-state index contributed by atoms with van der Waals surface area (Å²) in [5, 5.41) is 10.5. The van der Waals surface area contributed by atoms with E-state index >= 15 is 0 Å². The van der Waals surface area contributed by atoms with Crippen LogP contribution in [0.25, 0.3) is 0 Å². The van der Waals surface area contributed by atoms with Gasteiger partial charge in [0.1, 0.15) is 25.1 Å². The number of carbonyl (C=O) groups excluding carboxylic acids is 2. The maximum Gasteiger partial charge on any atom is 0.259 e. The van der Waals surface area contributed by atoms with Crippen LogP contribution in [0.5, 0.6) is 11.5 Å². The third-order valence-corrected chi connectivity index (χ3v) is 8.39. The summed E-state index contributed by atoms with van der Waals surface area (Å²) in [6.07, 6.45) is 2.15. The quantitative estimate of drug-likeness (QED) is 0.390. The molecular weight excluding hydrogens is 533 g/mol. The van der Waals surface area contributed by atoms with Gasteiger partial charge in [-0.25, -0.2) is 4.39 Å². The number of benzene rings is 3. The lowest BCUT2D eigenvalue weighted by Crippen LogP contribution is -2.46. The molecule has 8 heteroatoms. The van der Waals surface area contributed by atoms with Crippen LogP contribution in [0, 0.1) is 11.7 Å². The molecule has 1 saturated carbocycles. The molecule has 1 N–H and O–H groups in total. The van der Waals surface area contributed by atoms with E-state index in [1.54, 1.807) is 18.2 Å². The number of aliphatic hydroxyl groups is 1. The first-order chi connectivity index (χ1) is 19.1. The summed E-state index contributed by atoms with van der Waals surface area (Å²) in [7, 11) is 0. The fraction of sp³-hybridized carbons (Fsp3) is 0.375. The van der Waals surface area contributed by atoms with Gasteiger partial charge in [0, 0.05) is 16.3 Å². The second-order valence-electron chi connectivity index (χ2n) is 11.9. The number of aliphatic hydroxyl groups excluding tert-OH is 1. The molecule has 1 aliphatic carbocycles. The molecular formula is C32H31ClFNO5. The molecule has 0 bridgehead atoms. The van der Waals surface area contributed by atoms with Crippen LogP contribution in [0.15, 0.2) is 54.6 Å². The molecule has 1 amide bonds. The number of Topliss-reactive ketones (excluding diaryl/α,β-unsaturated/α-hetero) is 1. The van der Waals surface area contributed by atoms with Gasteiger partial charge < -0.3 is 14.6 Å². The van der Waals surface area contributed by atoms with E-state index in [-0.39, 0.29) is 17.1 Å². The number of hydrogen-bond acceptors (Lipinski definition) is 5. The van der Waals surface area contributed by atoms with Crippen molar-refractivity contribution in [1.29, 1.82) is 0 Å². The topological polar surface area (TPSA) is 76.1 Å². The smallest absolute Gasteiger partial charge is 0.259 e. The van der Waals surface area contributed by atoms with E-state index < -0.39 is 36.1 Å². The molecule has 40 heavy (non-hydrogen) atoms. The Kier molecular flexibility index (Phi) is 6.62. The predicted molar refractivity (Wildman–Crippen MR) is 150 cm³/mol. The summed E-state index contributed by atoms with van der Waals surface area (Å²) in [6, 6.07) is 13.8. The van der Waals surface area contributed by atoms with Crippen molar-refractivity contribution in [3.05, 3.63) is 87.7 Å². The Morgan fingerprint density at radius 1 is 1.07 bits per heavy atom. The van der Waals surface area contributed by atoms with E-state index in [0.29, 0.717) is 45.9 Å². The van der Waals surface area contributed by atoms with E-state index in [4.69, 9.17) is 21.1 Å². The highest BCUT2D eigenvalue weighted by molar-refractivity contribution is 6.32. The third kappa shape index (κ3) is 4.65. The average Bonchev–Trinajstić information content (AvgIpc) is 3.77. The Morgan fingerprint density at radius 3 is 2.52 bits per heavy atom. The van der Waals surface area contributed by atoms with Gasteiger partial charge in [0.05, 0.1) is 12.0 Å². The highest BCUT2D eigenvalue weighted by Gasteiger charge is 2.45. The monoisotopic (exact) mass is 563 g/mol. The van der Waals surface area contributed by atoms with Crippen molar-refractivity contribution >= 4 is 29.0 Å². The Balaban J connectivity index is 1.53. The molecule has 0 spiro atoms. The lowest BCUT2D eigenvalue weighted by molar-refractivity contribution is -0.123. The van der Waals surface area contributed by atoms with E-state index in [1.807, 2.05) is 39.0 Å². The van der Waals surface area contributed by atoms with Gasteiger partial charge in [-0.05, 0) is 77.3 Å². The maximum atomic E-state index is 14.4. The normalized spacial score (nSPS) is 22.2. The van der Waals surface area contributed by atoms with E-state index in [1.165, 1.54) is 17.0 Å². The first kappa shape index (κ1) is 26.8. The summed E-state index contributed by atoms with van der Waals surface area (Å²) in [6.45, 7) is 5.87. The highest BCUT2D eigenvalue weighted by Crippen LogP contribution is 2.49. The molecule has 0 aromatic heterocycles. The minimum Gasteiger partial charge on any atom is -0.486 e. The number of amides is 1. The summed E-state index contributed by atoms with van der Waals surface area (Å²) < 4.78 is 26.7. The number of carbonyl (C=O) groups is 2. The number of halogens is 2. The van der Waals surface area contributed by atoms with Crippen molar-refractivity contribution in [2.75, 3.05) is 18.1 Å². The first-order valence-corrected chi connectivity index (χ1v) is 13.9. The molecule has 3 aliphatic rings. The Labute approximate surface area is 237 Å². The van der Waals surface area contributed by atoms with Gasteiger partial charge in [0.15, 0.2) is 17.3 Å². The minimum atomic E-state index is -0.957. The van der Waals surface area contributed by atoms with Crippen LogP contribution >= 0.6 is 11.6 Å². The van der Waals surface area contributed by atoms with Crippen molar-refractivity contribution < 1.29 is 28.6 Å². The van der Waals surface area contributed by atoms with Gasteiger partial charge in [0.25, 0.3) is 5.91 Å². The highest BCUT2D eigenvalue weighted by atomic mass is 35.5. The van der Waals surface area contributed by atoms with Crippen LogP contribution in [0.3, 0.4) is 0 Å². The standard InChI is InChI=1S/C32H31ClFNO5/c1-32(2,3)23-10-8-20(14-24(23)33)35-30(18-6-11-26-27(12-18)40-28(16-39-26)17-4-5-17)29(25(37)15-36)21-9-7-19(34)13-22(21)31(35)38/h6-14,17,28-30,36H,4-5,15-16H2,1-3H3/t28?,29-,30-/m1/s1. The zero-order valence-corrected chi connectivity index (χ0v) is 23.4. The first-order valence-electron chi connectivity index (χ1n) is 13.6. The van der Waals surface area contributed by atoms with Crippen molar-refractivity contribution in [2.24, 2.45) is 5.92 Å². The van der Waals surface area contributed by atoms with Gasteiger partial charge in [0.2, 0.25) is 0 Å². The van der Waals surface area contributed by atoms with Crippen molar-refractivity contribution in [3.8, 4) is 11.5 Å². The molecule has 0 radical (unpaired) electrons. The van der Waals surface area contributed by atoms with Gasteiger partial charge in [-0.2, -0.15) is 0 Å². The van der Waals surface area contributed by atoms with E-state index in [9.17, 15) is 19.1 Å². The summed E-state index contributed by atoms with van der Waals surface area (Å²) in [4.78, 5) is 29.0. The molecule has 3 aromatic rings. The van der Waals surface area contributed by atoms with Crippen LogP contribution in [-0.2, 0) is 10.2 Å². The number of ether oxygens (including phenoxy) is 2. The molecule has 0 saturated heterocycles. The third-order valence-electron chi connectivity index (χ3n) is 8.07. The number of ketones is 1. The summed E-state index contributed by atoms with van der Waals surface area (Å²) in [5.41, 5.74) is 2.20. The zero-order chi connectivity index (χ0) is 28.3. The van der Waals surface area contributed by atoms with Crippen LogP contribution in [0.2, 0.25) is 5.02 Å². The van der Waals surface area contributed by atoms with E-state index in [2.05, 4.69) is 0 Å². The number of nitrogens with zero attached hydrogens (tertiary/aromatic N) is 1. The van der Waals surface area contributed by atoms with Gasteiger partial charge in [-0.1, -0.05) is 50.6 Å². The number of fused-ring (bicyclic) bond motifs is 2. The van der Waals surface area contributed by atoms with E-state index in [0.717, 1.165) is 24.5 Å².